The second-order valence-electron chi connectivity index (χ2n) is 18.4. The molecule has 21 heteroatoms. The summed E-state index contributed by atoms with van der Waals surface area (Å²) in [6.07, 6.45) is 4.98. The minimum absolute atomic E-state index is 0.0377. The molecule has 0 aliphatic carbocycles. The zero-order valence-corrected chi connectivity index (χ0v) is 43.6. The van der Waals surface area contributed by atoms with Crippen molar-refractivity contribution in [3.63, 3.8) is 0 Å². The molecule has 0 saturated carbocycles. The Morgan fingerprint density at radius 3 is 2.44 bits per heavy atom. The first-order valence-electron chi connectivity index (χ1n) is 25.0. The smallest absolute Gasteiger partial charge is 0.305 e. The standard InChI is InChI=1S/C54H57ClN10O9S/c1-35-45(75-54-49(35)50(39-12-14-40(55)15-13-39)57-43(51-60-59-36(2)65(51)54)31-47(67)62-22-20-61(3)21-23-62)17-11-37-32-56-63(33-37)19-5-10-48(68)74-30-29-73-28-27-72-26-25-71-24-6-8-38-7-4-9-41-42(38)34-64(53(41)70)44-16-18-46(66)58-52(44)69/h4,7,9,12-15,32-33,43-44H,5,10,16,18-31,34H2,1-3H3,(H,58,66,69)/t43-,44?/m0/s1. The number of aromatic nitrogens is 5. The Morgan fingerprint density at radius 1 is 0.907 bits per heavy atom. The minimum atomic E-state index is -0.683. The second kappa shape index (κ2) is 24.5. The van der Waals surface area contributed by atoms with E-state index in [1.165, 1.54) is 16.2 Å². The van der Waals surface area contributed by atoms with Gasteiger partial charge in [0.1, 0.15) is 36.1 Å². The Hall–Kier alpha value is -7.04. The summed E-state index contributed by atoms with van der Waals surface area (Å²) in [6, 6.07) is 11.7. The van der Waals surface area contributed by atoms with E-state index in [0.717, 1.165) is 56.5 Å². The summed E-state index contributed by atoms with van der Waals surface area (Å²) in [4.78, 5) is 75.0. The monoisotopic (exact) mass is 1060 g/mol. The van der Waals surface area contributed by atoms with Crippen molar-refractivity contribution in [1.29, 1.82) is 0 Å². The number of piperazine rings is 1. The van der Waals surface area contributed by atoms with Gasteiger partial charge in [-0.15, -0.1) is 21.5 Å². The number of halogens is 1. The number of esters is 1. The van der Waals surface area contributed by atoms with Crippen LogP contribution >= 0.6 is 22.9 Å². The summed E-state index contributed by atoms with van der Waals surface area (Å²) < 4.78 is 25.8. The Labute approximate surface area is 443 Å². The fourth-order valence-corrected chi connectivity index (χ4v) is 10.6. The van der Waals surface area contributed by atoms with Crippen molar-refractivity contribution in [2.75, 3.05) is 79.5 Å². The molecule has 4 amide bonds. The molecule has 4 aliphatic heterocycles. The van der Waals surface area contributed by atoms with Crippen molar-refractivity contribution in [3.05, 3.63) is 115 Å². The number of aliphatic imine (C=N–C) groups is 1. The molecule has 3 aromatic heterocycles. The van der Waals surface area contributed by atoms with E-state index in [9.17, 15) is 24.0 Å². The van der Waals surface area contributed by atoms with Crippen molar-refractivity contribution in [1.82, 2.24) is 44.6 Å². The molecule has 7 heterocycles. The number of likely N-dealkylation sites (N-methyl/N-ethyl adjacent to an activating group) is 1. The van der Waals surface area contributed by atoms with Crippen molar-refractivity contribution in [2.24, 2.45) is 4.99 Å². The highest BCUT2D eigenvalue weighted by Crippen LogP contribution is 2.40. The van der Waals surface area contributed by atoms with Crippen molar-refractivity contribution in [3.8, 4) is 28.7 Å². The Bertz CT molecular complexity index is 3120. The zero-order valence-electron chi connectivity index (χ0n) is 42.1. The number of ether oxygens (including phenoxy) is 4. The van der Waals surface area contributed by atoms with Crippen LogP contribution in [0.3, 0.4) is 0 Å². The van der Waals surface area contributed by atoms with E-state index >= 15 is 0 Å². The lowest BCUT2D eigenvalue weighted by atomic mass is 9.99. The maximum atomic E-state index is 13.7. The highest BCUT2D eigenvalue weighted by molar-refractivity contribution is 7.15. The summed E-state index contributed by atoms with van der Waals surface area (Å²) >= 11 is 7.87. The number of fused-ring (bicyclic) bond motifs is 4. The van der Waals surface area contributed by atoms with Crippen LogP contribution in [0.1, 0.15) is 98.4 Å². The van der Waals surface area contributed by atoms with E-state index in [0.29, 0.717) is 86.7 Å². The van der Waals surface area contributed by atoms with Crippen LogP contribution in [0.4, 0.5) is 0 Å². The predicted molar refractivity (Wildman–Crippen MR) is 277 cm³/mol. The fraction of sp³-hybridized carbons (Fsp3) is 0.426. The third-order valence-corrected chi connectivity index (χ3v) is 14.7. The maximum absolute atomic E-state index is 13.7. The van der Waals surface area contributed by atoms with Gasteiger partial charge in [-0.2, -0.15) is 5.10 Å². The van der Waals surface area contributed by atoms with E-state index in [2.05, 4.69) is 56.2 Å². The molecule has 390 valence electrons. The number of imide groups is 1. The van der Waals surface area contributed by atoms with Crippen LogP contribution in [0.5, 0.6) is 0 Å². The number of piperidine rings is 1. The number of thiophene rings is 1. The number of hydrogen-bond donors (Lipinski definition) is 1. The molecule has 0 bridgehead atoms. The molecule has 2 atom stereocenters. The van der Waals surface area contributed by atoms with Crippen LogP contribution < -0.4 is 5.32 Å². The molecule has 0 radical (unpaired) electrons. The predicted octanol–water partition coefficient (Wildman–Crippen LogP) is 4.44. The number of nitrogens with one attached hydrogen (secondary N) is 1. The molecule has 5 aromatic rings. The average molecular weight is 1060 g/mol. The van der Waals surface area contributed by atoms with Crippen LogP contribution in [-0.2, 0) is 51.2 Å². The lowest BCUT2D eigenvalue weighted by Crippen LogP contribution is -2.52. The van der Waals surface area contributed by atoms with Gasteiger partial charge in [-0.3, -0.25) is 43.5 Å². The first-order valence-corrected chi connectivity index (χ1v) is 26.2. The van der Waals surface area contributed by atoms with E-state index in [1.807, 2.05) is 59.8 Å². The zero-order chi connectivity index (χ0) is 52.4. The maximum Gasteiger partial charge on any atom is 0.305 e. The number of benzene rings is 2. The van der Waals surface area contributed by atoms with Crippen LogP contribution in [0.25, 0.3) is 5.00 Å². The molecular weight excluding hydrogens is 1000 g/mol. The van der Waals surface area contributed by atoms with Gasteiger partial charge in [0.15, 0.2) is 5.82 Å². The van der Waals surface area contributed by atoms with Crippen LogP contribution in [-0.4, -0.2) is 160 Å². The summed E-state index contributed by atoms with van der Waals surface area (Å²) in [6.45, 7) is 9.57. The molecule has 2 fully saturated rings. The van der Waals surface area contributed by atoms with Gasteiger partial charge in [0, 0.05) is 85.6 Å². The van der Waals surface area contributed by atoms with Crippen LogP contribution in [0.2, 0.25) is 5.02 Å². The largest absolute Gasteiger partial charge is 0.463 e. The number of hydrogen-bond acceptors (Lipinski definition) is 15. The first kappa shape index (κ1) is 52.8. The molecule has 4 aliphatic rings. The van der Waals surface area contributed by atoms with Crippen molar-refractivity contribution >= 4 is 58.2 Å². The van der Waals surface area contributed by atoms with E-state index in [1.54, 1.807) is 23.0 Å². The molecule has 75 heavy (non-hydrogen) atoms. The number of amides is 4. The van der Waals surface area contributed by atoms with Crippen LogP contribution in [0.15, 0.2) is 59.9 Å². The summed E-state index contributed by atoms with van der Waals surface area (Å²) in [5.41, 5.74) is 6.16. The topological polar surface area (TPSA) is 205 Å². The van der Waals surface area contributed by atoms with Gasteiger partial charge in [-0.25, -0.2) is 0 Å². The number of nitrogens with zero attached hydrogens (tertiary/aromatic N) is 9. The third kappa shape index (κ3) is 12.7. The van der Waals surface area contributed by atoms with E-state index < -0.39 is 18.0 Å². The van der Waals surface area contributed by atoms with Gasteiger partial charge in [-0.05, 0) is 69.1 Å². The molecule has 2 aromatic carbocycles. The molecular formula is C54H57ClN10O9S. The Kier molecular flexibility index (Phi) is 17.3. The van der Waals surface area contributed by atoms with Gasteiger partial charge in [0.2, 0.25) is 17.7 Å². The lowest BCUT2D eigenvalue weighted by molar-refractivity contribution is -0.145. The molecule has 2 saturated heterocycles. The first-order chi connectivity index (χ1) is 36.4. The number of carbonyl (C=O) groups is 5. The van der Waals surface area contributed by atoms with Gasteiger partial charge < -0.3 is 33.6 Å². The molecule has 1 N–H and O–H groups in total. The summed E-state index contributed by atoms with van der Waals surface area (Å²) in [5, 5.41) is 17.3. The summed E-state index contributed by atoms with van der Waals surface area (Å²) in [5.74, 6) is 12.7. The van der Waals surface area contributed by atoms with E-state index in [4.69, 9.17) is 35.5 Å². The Balaban J connectivity index is 0.683. The van der Waals surface area contributed by atoms with Gasteiger partial charge in [0.05, 0.1) is 61.8 Å². The lowest BCUT2D eigenvalue weighted by Gasteiger charge is -2.33. The van der Waals surface area contributed by atoms with Gasteiger partial charge in [0.25, 0.3) is 5.91 Å². The minimum Gasteiger partial charge on any atom is -0.463 e. The third-order valence-electron chi connectivity index (χ3n) is 13.3. The second-order valence-corrected chi connectivity index (χ2v) is 19.9. The molecule has 9 rings (SSSR count). The quantitative estimate of drug-likeness (QED) is 0.0559. The summed E-state index contributed by atoms with van der Waals surface area (Å²) in [7, 11) is 2.06. The molecule has 0 spiro atoms. The number of carbonyl (C=O) groups excluding carboxylic acids is 5. The highest BCUT2D eigenvalue weighted by atomic mass is 35.5. The van der Waals surface area contributed by atoms with Gasteiger partial charge in [-0.1, -0.05) is 53.5 Å². The SMILES string of the molecule is Cc1c(C#Cc2cnn(CCCC(=O)OCCOCCOCCOCC#Cc3cccc4c3CN(C3CCC(=O)NC3=O)C4=O)c2)sc2c1C(c1ccc(Cl)cc1)=N[C@@H](CC(=O)N1CCN(C)CC1)c1nnc(C)n1-2. The number of aryl methyl sites for hydroxylation is 2. The van der Waals surface area contributed by atoms with Crippen molar-refractivity contribution < 1.29 is 42.9 Å². The fourth-order valence-electron chi connectivity index (χ4n) is 9.24. The average Bonchev–Trinajstić information content (AvgIpc) is 4.17. The highest BCUT2D eigenvalue weighted by Gasteiger charge is 2.40. The Morgan fingerprint density at radius 2 is 1.67 bits per heavy atom. The van der Waals surface area contributed by atoms with E-state index in [-0.39, 0.29) is 69.3 Å². The normalized spacial score (nSPS) is 17.2. The molecule has 19 nitrogen and oxygen atoms in total. The van der Waals surface area contributed by atoms with Crippen molar-refractivity contribution in [2.45, 2.75) is 71.1 Å². The van der Waals surface area contributed by atoms with Crippen LogP contribution in [0, 0.1) is 37.5 Å². The molecule has 1 unspecified atom stereocenters. The van der Waals surface area contributed by atoms with Gasteiger partial charge >= 0.3 is 5.97 Å². The number of rotatable bonds is 18.